The average molecular weight is 317 g/mol. The smallest absolute Gasteiger partial charge is 0.251 e. The first-order valence-electron chi connectivity index (χ1n) is 6.88. The molecule has 0 aliphatic heterocycles. The summed E-state index contributed by atoms with van der Waals surface area (Å²) in [4.78, 5) is 25.5. The van der Waals surface area contributed by atoms with Crippen LogP contribution in [0.3, 0.4) is 0 Å². The van der Waals surface area contributed by atoms with Crippen molar-refractivity contribution in [1.29, 1.82) is 0 Å². The molecule has 1 N–H and O–H groups in total. The van der Waals surface area contributed by atoms with Crippen molar-refractivity contribution in [3.8, 4) is 0 Å². The van der Waals surface area contributed by atoms with Crippen LogP contribution in [-0.4, -0.2) is 30.3 Å². The number of benzene rings is 2. The summed E-state index contributed by atoms with van der Waals surface area (Å²) in [6, 6.07) is 16.2. The standard InChI is InChI=1S/C17H17ClN2O2/c1-20(12-13-5-3-2-4-6-13)16(21)11-19-17(22)14-7-9-15(18)10-8-14/h2-10H,11-12H2,1H3,(H,19,22). The third-order valence-corrected chi connectivity index (χ3v) is 3.45. The van der Waals surface area contributed by atoms with E-state index in [2.05, 4.69) is 5.32 Å². The molecule has 5 heteroatoms. The summed E-state index contributed by atoms with van der Waals surface area (Å²) >= 11 is 5.77. The van der Waals surface area contributed by atoms with Gasteiger partial charge in [0, 0.05) is 24.2 Å². The van der Waals surface area contributed by atoms with Crippen molar-refractivity contribution in [1.82, 2.24) is 10.2 Å². The Morgan fingerprint density at radius 2 is 1.68 bits per heavy atom. The first kappa shape index (κ1) is 16.0. The molecule has 0 atom stereocenters. The van der Waals surface area contributed by atoms with Crippen LogP contribution >= 0.6 is 11.6 Å². The van der Waals surface area contributed by atoms with Gasteiger partial charge in [0.25, 0.3) is 5.91 Å². The Balaban J connectivity index is 1.84. The van der Waals surface area contributed by atoms with E-state index in [4.69, 9.17) is 11.6 Å². The Morgan fingerprint density at radius 3 is 2.32 bits per heavy atom. The molecule has 0 aliphatic carbocycles. The lowest BCUT2D eigenvalue weighted by atomic mass is 10.2. The zero-order chi connectivity index (χ0) is 15.9. The van der Waals surface area contributed by atoms with Gasteiger partial charge in [-0.1, -0.05) is 41.9 Å². The fourth-order valence-electron chi connectivity index (χ4n) is 1.94. The molecule has 0 heterocycles. The molecule has 0 saturated carbocycles. The molecular weight excluding hydrogens is 300 g/mol. The summed E-state index contributed by atoms with van der Waals surface area (Å²) < 4.78 is 0. The van der Waals surface area contributed by atoms with Gasteiger partial charge in [-0.3, -0.25) is 9.59 Å². The third kappa shape index (κ3) is 4.60. The van der Waals surface area contributed by atoms with Crippen molar-refractivity contribution in [2.24, 2.45) is 0 Å². The number of amides is 2. The second kappa shape index (κ2) is 7.61. The highest BCUT2D eigenvalue weighted by atomic mass is 35.5. The number of carbonyl (C=O) groups is 2. The number of nitrogens with zero attached hydrogens (tertiary/aromatic N) is 1. The van der Waals surface area contributed by atoms with Gasteiger partial charge in [-0.25, -0.2) is 0 Å². The van der Waals surface area contributed by atoms with Crippen LogP contribution in [0, 0.1) is 0 Å². The lowest BCUT2D eigenvalue weighted by Crippen LogP contribution is -2.37. The molecule has 2 aromatic carbocycles. The molecule has 0 unspecified atom stereocenters. The molecule has 4 nitrogen and oxygen atoms in total. The number of halogens is 1. The van der Waals surface area contributed by atoms with Crippen LogP contribution in [0.25, 0.3) is 0 Å². The highest BCUT2D eigenvalue weighted by Gasteiger charge is 2.12. The number of nitrogens with one attached hydrogen (secondary N) is 1. The first-order chi connectivity index (χ1) is 10.6. The quantitative estimate of drug-likeness (QED) is 0.922. The molecule has 114 valence electrons. The summed E-state index contributed by atoms with van der Waals surface area (Å²) in [5, 5.41) is 3.18. The van der Waals surface area contributed by atoms with Crippen LogP contribution < -0.4 is 5.32 Å². The van der Waals surface area contributed by atoms with E-state index in [1.165, 1.54) is 0 Å². The highest BCUT2D eigenvalue weighted by molar-refractivity contribution is 6.30. The molecule has 0 bridgehead atoms. The molecule has 0 aliphatic rings. The van der Waals surface area contributed by atoms with Gasteiger partial charge in [-0.15, -0.1) is 0 Å². The summed E-state index contributed by atoms with van der Waals surface area (Å²) in [5.41, 5.74) is 1.52. The van der Waals surface area contributed by atoms with Crippen LogP contribution in [0.1, 0.15) is 15.9 Å². The molecule has 0 spiro atoms. The Labute approximate surface area is 134 Å². The van der Waals surface area contributed by atoms with Crippen molar-refractivity contribution in [2.45, 2.75) is 6.54 Å². The number of carbonyl (C=O) groups excluding carboxylic acids is 2. The molecular formula is C17H17ClN2O2. The Morgan fingerprint density at radius 1 is 1.05 bits per heavy atom. The van der Waals surface area contributed by atoms with Crippen LogP contribution in [0.15, 0.2) is 54.6 Å². The second-order valence-electron chi connectivity index (χ2n) is 4.92. The molecule has 2 rings (SSSR count). The fraction of sp³-hybridized carbons (Fsp3) is 0.176. The lowest BCUT2D eigenvalue weighted by Gasteiger charge is -2.17. The maximum atomic E-state index is 12.0. The minimum Gasteiger partial charge on any atom is -0.343 e. The van der Waals surface area contributed by atoms with Crippen molar-refractivity contribution in [2.75, 3.05) is 13.6 Å². The van der Waals surface area contributed by atoms with Gasteiger partial charge in [0.2, 0.25) is 5.91 Å². The second-order valence-corrected chi connectivity index (χ2v) is 5.36. The number of rotatable bonds is 5. The molecule has 0 aromatic heterocycles. The summed E-state index contributed by atoms with van der Waals surface area (Å²) in [6.45, 7) is 0.473. The topological polar surface area (TPSA) is 49.4 Å². The maximum absolute atomic E-state index is 12.0. The summed E-state index contributed by atoms with van der Waals surface area (Å²) in [6.07, 6.45) is 0. The fourth-order valence-corrected chi connectivity index (χ4v) is 2.07. The normalized spacial score (nSPS) is 10.1. The predicted octanol–water partition coefficient (Wildman–Crippen LogP) is 2.73. The molecule has 2 amide bonds. The number of hydrogen-bond donors (Lipinski definition) is 1. The summed E-state index contributed by atoms with van der Waals surface area (Å²) in [5.74, 6) is -0.440. The molecule has 0 saturated heterocycles. The number of hydrogen-bond acceptors (Lipinski definition) is 2. The van der Waals surface area contributed by atoms with Crippen LogP contribution in [0.5, 0.6) is 0 Å². The van der Waals surface area contributed by atoms with E-state index < -0.39 is 0 Å². The van der Waals surface area contributed by atoms with E-state index in [1.54, 1.807) is 36.2 Å². The van der Waals surface area contributed by atoms with Gasteiger partial charge in [0.15, 0.2) is 0 Å². The zero-order valence-electron chi connectivity index (χ0n) is 12.3. The molecule has 2 aromatic rings. The van der Waals surface area contributed by atoms with E-state index in [0.29, 0.717) is 17.1 Å². The van der Waals surface area contributed by atoms with Gasteiger partial charge in [0.1, 0.15) is 0 Å². The predicted molar refractivity (Wildman–Crippen MR) is 86.7 cm³/mol. The SMILES string of the molecule is CN(Cc1ccccc1)C(=O)CNC(=O)c1ccc(Cl)cc1. The highest BCUT2D eigenvalue weighted by Crippen LogP contribution is 2.09. The van der Waals surface area contributed by atoms with Crippen molar-refractivity contribution >= 4 is 23.4 Å². The van der Waals surface area contributed by atoms with E-state index in [1.807, 2.05) is 30.3 Å². The van der Waals surface area contributed by atoms with E-state index in [9.17, 15) is 9.59 Å². The van der Waals surface area contributed by atoms with E-state index >= 15 is 0 Å². The van der Waals surface area contributed by atoms with Crippen molar-refractivity contribution < 1.29 is 9.59 Å². The van der Waals surface area contributed by atoms with Gasteiger partial charge >= 0.3 is 0 Å². The Bertz CT molecular complexity index is 641. The largest absolute Gasteiger partial charge is 0.343 e. The van der Waals surface area contributed by atoms with Crippen LogP contribution in [-0.2, 0) is 11.3 Å². The van der Waals surface area contributed by atoms with Crippen molar-refractivity contribution in [3.63, 3.8) is 0 Å². The maximum Gasteiger partial charge on any atom is 0.251 e. The van der Waals surface area contributed by atoms with Gasteiger partial charge in [-0.2, -0.15) is 0 Å². The first-order valence-corrected chi connectivity index (χ1v) is 7.25. The molecule has 22 heavy (non-hydrogen) atoms. The van der Waals surface area contributed by atoms with Gasteiger partial charge in [-0.05, 0) is 29.8 Å². The lowest BCUT2D eigenvalue weighted by molar-refractivity contribution is -0.129. The Kier molecular flexibility index (Phi) is 5.55. The van der Waals surface area contributed by atoms with E-state index in [0.717, 1.165) is 5.56 Å². The van der Waals surface area contributed by atoms with Gasteiger partial charge in [0.05, 0.1) is 6.54 Å². The van der Waals surface area contributed by atoms with E-state index in [-0.39, 0.29) is 18.4 Å². The average Bonchev–Trinajstić information content (AvgIpc) is 2.53. The molecule has 0 fully saturated rings. The Hall–Kier alpha value is -2.33. The number of likely N-dealkylation sites (N-methyl/N-ethyl adjacent to an activating group) is 1. The van der Waals surface area contributed by atoms with Crippen molar-refractivity contribution in [3.05, 3.63) is 70.7 Å². The van der Waals surface area contributed by atoms with Crippen LogP contribution in [0.2, 0.25) is 5.02 Å². The van der Waals surface area contributed by atoms with Crippen LogP contribution in [0.4, 0.5) is 0 Å². The monoisotopic (exact) mass is 316 g/mol. The minimum absolute atomic E-state index is 0.0369. The third-order valence-electron chi connectivity index (χ3n) is 3.19. The van der Waals surface area contributed by atoms with Gasteiger partial charge < -0.3 is 10.2 Å². The zero-order valence-corrected chi connectivity index (χ0v) is 13.0. The molecule has 0 radical (unpaired) electrons. The minimum atomic E-state index is -0.293. The summed E-state index contributed by atoms with van der Waals surface area (Å²) in [7, 11) is 1.71.